The molecule has 2 atom stereocenters. The fourth-order valence-electron chi connectivity index (χ4n) is 3.58. The fraction of sp³-hybridized carbons (Fsp3) is 0.391. The van der Waals surface area contributed by atoms with Crippen molar-refractivity contribution in [2.24, 2.45) is 0 Å². The van der Waals surface area contributed by atoms with Crippen LogP contribution in [0.3, 0.4) is 0 Å². The van der Waals surface area contributed by atoms with Gasteiger partial charge in [-0.25, -0.2) is 8.78 Å². The van der Waals surface area contributed by atoms with Gasteiger partial charge in [-0.2, -0.15) is 0 Å². The van der Waals surface area contributed by atoms with E-state index in [1.54, 1.807) is 25.1 Å². The van der Waals surface area contributed by atoms with Crippen LogP contribution in [0.2, 0.25) is 0 Å². The Morgan fingerprint density at radius 1 is 1.18 bits per heavy atom. The van der Waals surface area contributed by atoms with Crippen LogP contribution in [0.4, 0.5) is 8.78 Å². The molecule has 150 valence electrons. The van der Waals surface area contributed by atoms with Crippen molar-refractivity contribution < 1.29 is 23.4 Å². The highest BCUT2D eigenvalue weighted by Gasteiger charge is 2.25. The minimum absolute atomic E-state index is 0.0746. The second-order valence-corrected chi connectivity index (χ2v) is 6.99. The van der Waals surface area contributed by atoms with Gasteiger partial charge >= 0.3 is 0 Å². The predicted octanol–water partition coefficient (Wildman–Crippen LogP) is 5.67. The first-order chi connectivity index (χ1) is 13.5. The van der Waals surface area contributed by atoms with Crippen molar-refractivity contribution >= 4 is 6.08 Å². The number of hydrogen-bond donors (Lipinski definition) is 1. The van der Waals surface area contributed by atoms with Crippen LogP contribution in [0.25, 0.3) is 17.2 Å². The van der Waals surface area contributed by atoms with E-state index >= 15 is 0 Å². The van der Waals surface area contributed by atoms with Crippen LogP contribution >= 0.6 is 0 Å². The summed E-state index contributed by atoms with van der Waals surface area (Å²) in [5.41, 5.74) is 1.54. The van der Waals surface area contributed by atoms with Crippen LogP contribution in [0, 0.1) is 11.6 Å². The number of ether oxygens (including phenoxy) is 2. The van der Waals surface area contributed by atoms with Crippen LogP contribution in [0.5, 0.6) is 5.75 Å². The maximum atomic E-state index is 14.5. The molecule has 3 nitrogen and oxygen atoms in total. The monoisotopic (exact) mass is 388 g/mol. The van der Waals surface area contributed by atoms with Gasteiger partial charge in [-0.1, -0.05) is 36.4 Å². The summed E-state index contributed by atoms with van der Waals surface area (Å²) in [5, 5.41) is 10.5. The van der Waals surface area contributed by atoms with Gasteiger partial charge in [0.25, 0.3) is 0 Å². The second-order valence-electron chi connectivity index (χ2n) is 6.99. The molecule has 28 heavy (non-hydrogen) atoms. The van der Waals surface area contributed by atoms with Crippen LogP contribution in [-0.2, 0) is 9.47 Å². The Morgan fingerprint density at radius 2 is 2.00 bits per heavy atom. The van der Waals surface area contributed by atoms with E-state index < -0.39 is 11.6 Å². The standard InChI is InChI=1S/C23H26F2O3/c1-3-5-15-7-11-20(23(25)22(15)24)16-8-10-19(21(26)12-16)17-6-9-18(28-13-17)14-27-4-2/h3,5,7-8,10-12,17-18,26H,4,6,9,13-14H2,1-2H3/b5-3+. The van der Waals surface area contributed by atoms with E-state index in [1.807, 2.05) is 6.92 Å². The Bertz CT molecular complexity index is 840. The average molecular weight is 388 g/mol. The Labute approximate surface area is 164 Å². The van der Waals surface area contributed by atoms with E-state index in [2.05, 4.69) is 0 Å². The molecule has 0 radical (unpaired) electrons. The van der Waals surface area contributed by atoms with Crippen molar-refractivity contribution in [2.75, 3.05) is 19.8 Å². The fourth-order valence-corrected chi connectivity index (χ4v) is 3.58. The van der Waals surface area contributed by atoms with Crippen molar-refractivity contribution in [3.05, 3.63) is 59.2 Å². The van der Waals surface area contributed by atoms with Gasteiger partial charge in [-0.05, 0) is 43.9 Å². The smallest absolute Gasteiger partial charge is 0.167 e. The minimum atomic E-state index is -0.914. The van der Waals surface area contributed by atoms with Gasteiger partial charge in [-0.15, -0.1) is 0 Å². The zero-order valence-corrected chi connectivity index (χ0v) is 16.3. The summed E-state index contributed by atoms with van der Waals surface area (Å²) in [6.07, 6.45) is 5.00. The van der Waals surface area contributed by atoms with Crippen LogP contribution in [0.1, 0.15) is 43.7 Å². The molecule has 1 saturated heterocycles. The zero-order valence-electron chi connectivity index (χ0n) is 16.3. The van der Waals surface area contributed by atoms with Gasteiger partial charge in [0.2, 0.25) is 0 Å². The first-order valence-corrected chi connectivity index (χ1v) is 9.68. The summed E-state index contributed by atoms with van der Waals surface area (Å²) in [6.45, 7) is 5.45. The molecule has 1 aliphatic heterocycles. The van der Waals surface area contributed by atoms with Crippen LogP contribution < -0.4 is 0 Å². The zero-order chi connectivity index (χ0) is 20.1. The average Bonchev–Trinajstić information content (AvgIpc) is 2.70. The van der Waals surface area contributed by atoms with Gasteiger partial charge < -0.3 is 14.6 Å². The van der Waals surface area contributed by atoms with Gasteiger partial charge in [-0.3, -0.25) is 0 Å². The van der Waals surface area contributed by atoms with E-state index in [0.29, 0.717) is 25.4 Å². The number of phenols is 1. The number of phenolic OH excluding ortho intramolecular Hbond substituents is 1. The third kappa shape index (κ3) is 4.42. The summed E-state index contributed by atoms with van der Waals surface area (Å²) < 4.78 is 39.9. The summed E-state index contributed by atoms with van der Waals surface area (Å²) in [4.78, 5) is 0. The van der Waals surface area contributed by atoms with Gasteiger partial charge in [0.05, 0.1) is 19.3 Å². The van der Waals surface area contributed by atoms with Gasteiger partial charge in [0.1, 0.15) is 5.75 Å². The third-order valence-corrected chi connectivity index (χ3v) is 5.12. The Hall–Kier alpha value is -2.24. The molecule has 1 N–H and O–H groups in total. The van der Waals surface area contributed by atoms with E-state index in [4.69, 9.17) is 9.47 Å². The lowest BCUT2D eigenvalue weighted by Gasteiger charge is -2.29. The Balaban J connectivity index is 1.77. The molecule has 2 unspecified atom stereocenters. The maximum Gasteiger partial charge on any atom is 0.167 e. The van der Waals surface area contributed by atoms with E-state index in [-0.39, 0.29) is 28.9 Å². The van der Waals surface area contributed by atoms with E-state index in [9.17, 15) is 13.9 Å². The van der Waals surface area contributed by atoms with E-state index in [0.717, 1.165) is 18.4 Å². The molecule has 1 aliphatic rings. The van der Waals surface area contributed by atoms with Crippen molar-refractivity contribution in [2.45, 2.75) is 38.7 Å². The summed E-state index contributed by atoms with van der Waals surface area (Å²) in [5.74, 6) is -1.65. The third-order valence-electron chi connectivity index (χ3n) is 5.12. The molecule has 2 aromatic rings. The topological polar surface area (TPSA) is 38.7 Å². The number of allylic oxidation sites excluding steroid dienone is 1. The van der Waals surface area contributed by atoms with Crippen molar-refractivity contribution in [1.29, 1.82) is 0 Å². The second kappa shape index (κ2) is 9.30. The number of hydrogen-bond acceptors (Lipinski definition) is 3. The largest absolute Gasteiger partial charge is 0.508 e. The molecule has 0 amide bonds. The van der Waals surface area contributed by atoms with Gasteiger partial charge in [0.15, 0.2) is 11.6 Å². The van der Waals surface area contributed by atoms with E-state index in [1.165, 1.54) is 24.3 Å². The Kier molecular flexibility index (Phi) is 6.81. The molecule has 5 heteroatoms. The van der Waals surface area contributed by atoms with Crippen molar-refractivity contribution in [3.8, 4) is 16.9 Å². The lowest BCUT2D eigenvalue weighted by Crippen LogP contribution is -2.28. The predicted molar refractivity (Wildman–Crippen MR) is 106 cm³/mol. The first-order valence-electron chi connectivity index (χ1n) is 9.68. The number of aromatic hydroxyl groups is 1. The molecule has 1 fully saturated rings. The molecule has 0 saturated carbocycles. The van der Waals surface area contributed by atoms with Crippen LogP contribution in [-0.4, -0.2) is 31.0 Å². The van der Waals surface area contributed by atoms with Crippen LogP contribution in [0.15, 0.2) is 36.4 Å². The highest BCUT2D eigenvalue weighted by molar-refractivity contribution is 5.69. The molecule has 1 heterocycles. The van der Waals surface area contributed by atoms with Crippen molar-refractivity contribution in [1.82, 2.24) is 0 Å². The summed E-state index contributed by atoms with van der Waals surface area (Å²) in [6, 6.07) is 8.05. The molecule has 0 spiro atoms. The SMILES string of the molecule is C/C=C/c1ccc(-c2ccc(C3CCC(COCC)OC3)c(O)c2)c(F)c1F. The lowest BCUT2D eigenvalue weighted by molar-refractivity contribution is -0.0462. The molecule has 0 aliphatic carbocycles. The normalized spacial score (nSPS) is 20.0. The maximum absolute atomic E-state index is 14.5. The molecule has 2 aromatic carbocycles. The molecule has 3 rings (SSSR count). The number of rotatable bonds is 6. The number of halogens is 2. The summed E-state index contributed by atoms with van der Waals surface area (Å²) >= 11 is 0. The quantitative estimate of drug-likeness (QED) is 0.693. The minimum Gasteiger partial charge on any atom is -0.508 e. The molecular formula is C23H26F2O3. The van der Waals surface area contributed by atoms with Gasteiger partial charge in [0, 0.05) is 23.7 Å². The number of benzene rings is 2. The van der Waals surface area contributed by atoms with Crippen molar-refractivity contribution in [3.63, 3.8) is 0 Å². The molecule has 0 aromatic heterocycles. The highest BCUT2D eigenvalue weighted by atomic mass is 19.2. The lowest BCUT2D eigenvalue weighted by atomic mass is 9.89. The molecular weight excluding hydrogens is 362 g/mol. The highest BCUT2D eigenvalue weighted by Crippen LogP contribution is 2.37. The Morgan fingerprint density at radius 3 is 2.64 bits per heavy atom. The summed E-state index contributed by atoms with van der Waals surface area (Å²) in [7, 11) is 0. The first kappa shape index (κ1) is 20.5. The molecule has 0 bridgehead atoms.